The van der Waals surface area contributed by atoms with Gasteiger partial charge in [-0.25, -0.2) is 15.2 Å². The van der Waals surface area contributed by atoms with Gasteiger partial charge in [-0.05, 0) is 51.9 Å². The zero-order chi connectivity index (χ0) is 35.8. The normalized spacial score (nSPS) is 22.7. The molecule has 3 rings (SSSR count). The molecular formula is C30H52N7O10P. The largest absolute Gasteiger partial charge is 0.476 e. The maximum atomic E-state index is 14.6. The molecule has 18 heteroatoms. The van der Waals surface area contributed by atoms with Crippen molar-refractivity contribution in [3.05, 3.63) is 6.33 Å². The highest BCUT2D eigenvalue weighted by molar-refractivity contribution is 7.54. The van der Waals surface area contributed by atoms with E-state index in [4.69, 9.17) is 29.2 Å². The molecule has 6 atom stereocenters. The zero-order valence-electron chi connectivity index (χ0n) is 29.0. The average molecular weight is 702 g/mol. The Kier molecular flexibility index (Phi) is 14.1. The summed E-state index contributed by atoms with van der Waals surface area (Å²) in [6.45, 7) is 14.2. The average Bonchev–Trinajstić information content (AvgIpc) is 3.51. The molecule has 272 valence electrons. The van der Waals surface area contributed by atoms with Crippen LogP contribution in [0.1, 0.15) is 80.9 Å². The van der Waals surface area contributed by atoms with Crippen molar-refractivity contribution in [2.45, 2.75) is 111 Å². The number of hydrogen-bond donors (Lipinski definition) is 5. The maximum absolute atomic E-state index is 14.6. The number of aliphatic hydroxyl groups is 2. The van der Waals surface area contributed by atoms with Crippen LogP contribution < -0.4 is 20.6 Å². The molecular weight excluding hydrogens is 649 g/mol. The molecule has 1 fully saturated rings. The molecule has 1 aliphatic rings. The summed E-state index contributed by atoms with van der Waals surface area (Å²) in [7, 11) is -4.31. The fourth-order valence-corrected chi connectivity index (χ4v) is 7.11. The fourth-order valence-electron chi connectivity index (χ4n) is 5.29. The highest BCUT2D eigenvalue weighted by atomic mass is 31.2. The molecule has 0 saturated carbocycles. The molecule has 0 spiro atoms. The number of hydrogen-bond acceptors (Lipinski definition) is 14. The first-order chi connectivity index (χ1) is 22.6. The van der Waals surface area contributed by atoms with Crippen LogP contribution in [-0.4, -0.2) is 98.0 Å². The van der Waals surface area contributed by atoms with Crippen LogP contribution in [0.25, 0.3) is 11.2 Å². The molecule has 2 aromatic heterocycles. The molecule has 0 radical (unpaired) electrons. The lowest BCUT2D eigenvalue weighted by Crippen LogP contribution is -2.47. The first kappa shape index (κ1) is 39.5. The zero-order valence-corrected chi connectivity index (χ0v) is 29.9. The number of aromatic nitrogens is 4. The summed E-state index contributed by atoms with van der Waals surface area (Å²) in [5.41, 5.74) is 4.48. The van der Waals surface area contributed by atoms with Crippen LogP contribution in [0.4, 0.5) is 5.95 Å². The molecule has 0 aromatic carbocycles. The van der Waals surface area contributed by atoms with E-state index in [1.54, 1.807) is 13.8 Å². The van der Waals surface area contributed by atoms with Crippen molar-refractivity contribution in [3.63, 3.8) is 0 Å². The fraction of sp³-hybridized carbons (Fsp3) is 0.767. The van der Waals surface area contributed by atoms with Gasteiger partial charge in [0.25, 0.3) is 0 Å². The van der Waals surface area contributed by atoms with E-state index >= 15 is 0 Å². The topological polar surface area (TPSA) is 231 Å². The third kappa shape index (κ3) is 9.83. The Morgan fingerprint density at radius 2 is 1.62 bits per heavy atom. The van der Waals surface area contributed by atoms with Gasteiger partial charge in [0.1, 0.15) is 29.9 Å². The van der Waals surface area contributed by atoms with Gasteiger partial charge in [-0.3, -0.25) is 18.7 Å². The van der Waals surface area contributed by atoms with Gasteiger partial charge in [0.2, 0.25) is 11.8 Å². The van der Waals surface area contributed by atoms with E-state index < -0.39 is 62.3 Å². The number of nitrogens with one attached hydrogen (secondary N) is 2. The van der Waals surface area contributed by atoms with Gasteiger partial charge in [0.15, 0.2) is 17.4 Å². The van der Waals surface area contributed by atoms with E-state index in [1.807, 2.05) is 34.6 Å². The summed E-state index contributed by atoms with van der Waals surface area (Å²) in [6, 6.07) is -2.14. The van der Waals surface area contributed by atoms with Crippen molar-refractivity contribution in [2.24, 2.45) is 11.8 Å². The lowest BCUT2D eigenvalue weighted by atomic mass is 9.96. The van der Waals surface area contributed by atoms with Crippen molar-refractivity contribution in [3.8, 4) is 5.88 Å². The molecule has 0 aliphatic carbocycles. The Morgan fingerprint density at radius 1 is 1.06 bits per heavy atom. The molecule has 0 bridgehead atoms. The Hall–Kier alpha value is -2.92. The minimum absolute atomic E-state index is 0.0107. The first-order valence-electron chi connectivity index (χ1n) is 16.4. The predicted molar refractivity (Wildman–Crippen MR) is 176 cm³/mol. The van der Waals surface area contributed by atoms with Gasteiger partial charge in [-0.1, -0.05) is 34.6 Å². The van der Waals surface area contributed by atoms with Crippen LogP contribution in [0.15, 0.2) is 6.33 Å². The van der Waals surface area contributed by atoms with Crippen LogP contribution in [0.5, 0.6) is 5.88 Å². The highest BCUT2D eigenvalue weighted by Crippen LogP contribution is 2.45. The number of nitrogen functional groups attached to an aromatic ring is 1. The van der Waals surface area contributed by atoms with E-state index in [1.165, 1.54) is 17.8 Å². The molecule has 6 N–H and O–H groups in total. The predicted octanol–water partition coefficient (Wildman–Crippen LogP) is 2.47. The number of imidazole rings is 1. The van der Waals surface area contributed by atoms with Crippen LogP contribution in [0.2, 0.25) is 0 Å². The third-order valence-electron chi connectivity index (χ3n) is 7.49. The Bertz CT molecular complexity index is 1380. The van der Waals surface area contributed by atoms with E-state index in [-0.39, 0.29) is 60.9 Å². The summed E-state index contributed by atoms with van der Waals surface area (Å²) < 4.78 is 44.1. The van der Waals surface area contributed by atoms with E-state index in [9.17, 15) is 24.4 Å². The van der Waals surface area contributed by atoms with Gasteiger partial charge < -0.3 is 39.4 Å². The molecule has 3 heterocycles. The van der Waals surface area contributed by atoms with Crippen LogP contribution in [0.3, 0.4) is 0 Å². The van der Waals surface area contributed by atoms with Crippen molar-refractivity contribution in [2.75, 3.05) is 32.2 Å². The maximum Gasteiger partial charge on any atom is 0.342 e. The smallest absolute Gasteiger partial charge is 0.342 e. The number of nitrogens with zero attached hydrogens (tertiary/aromatic N) is 4. The second-order valence-corrected chi connectivity index (χ2v) is 14.6. The number of anilines is 1. The van der Waals surface area contributed by atoms with Crippen LogP contribution in [0, 0.1) is 11.8 Å². The van der Waals surface area contributed by atoms with E-state index in [2.05, 4.69) is 25.1 Å². The lowest BCUT2D eigenvalue weighted by Gasteiger charge is -2.30. The summed E-state index contributed by atoms with van der Waals surface area (Å²) in [6.07, 6.45) is -1.51. The number of nitrogens with two attached hydrogens (primary N) is 1. The molecule has 2 aromatic rings. The first-order valence-corrected chi connectivity index (χ1v) is 18.0. The lowest BCUT2D eigenvalue weighted by molar-refractivity contribution is -0.146. The van der Waals surface area contributed by atoms with Crippen LogP contribution in [-0.2, 0) is 32.9 Å². The molecule has 0 unspecified atom stereocenters. The molecule has 0 amide bonds. The number of esters is 2. The third-order valence-corrected chi connectivity index (χ3v) is 9.30. The van der Waals surface area contributed by atoms with Crippen molar-refractivity contribution >= 4 is 36.7 Å². The van der Waals surface area contributed by atoms with E-state index in [0.717, 1.165) is 0 Å². The molecule has 48 heavy (non-hydrogen) atoms. The van der Waals surface area contributed by atoms with E-state index in [0.29, 0.717) is 13.0 Å². The molecule has 1 aliphatic heterocycles. The van der Waals surface area contributed by atoms with Gasteiger partial charge in [0, 0.05) is 0 Å². The summed E-state index contributed by atoms with van der Waals surface area (Å²) >= 11 is 0. The quantitative estimate of drug-likeness (QED) is 0.105. The van der Waals surface area contributed by atoms with Crippen LogP contribution >= 0.6 is 7.67 Å². The van der Waals surface area contributed by atoms with Gasteiger partial charge in [-0.15, -0.1) is 0 Å². The van der Waals surface area contributed by atoms with Crippen molar-refractivity contribution < 1.29 is 47.8 Å². The van der Waals surface area contributed by atoms with Gasteiger partial charge in [-0.2, -0.15) is 9.97 Å². The Labute approximate surface area is 281 Å². The monoisotopic (exact) mass is 701 g/mol. The minimum Gasteiger partial charge on any atom is -0.476 e. The highest BCUT2D eigenvalue weighted by Gasteiger charge is 2.54. The van der Waals surface area contributed by atoms with Crippen molar-refractivity contribution in [1.82, 2.24) is 29.7 Å². The second kappa shape index (κ2) is 17.1. The minimum atomic E-state index is -4.31. The standard InChI is InChI=1S/C30H52N7O10P/c1-9-12-45-25-22-24(33-29(31)34-25)37(16-32-22)28-30(8,41)23(38)21(47-28)15-46-48(42,35-19(13-17(4)5)26(39)43-10-2)36-20(14-18(6)7)27(40)44-11-3/h16-21,23,28,38,41H,9-15H2,1-8H3,(H2,31,33,34)(H2,35,36,42)/t19-,20-,21+,23+,28+,30+/m0/s1. The number of ether oxygens (including phenoxy) is 4. The SMILES string of the molecule is CCCOc1nc(N)nc2c1ncn2[C@@H]1O[C@H](COP(=O)(N[C@@H](CC(C)C)C(=O)OCC)N[C@@H](CC(C)C)C(=O)OCC)[C@@H](O)[C@@]1(C)O. The summed E-state index contributed by atoms with van der Waals surface area (Å²) in [5.74, 6) is -1.26. The number of carbonyl (C=O) groups is 2. The molecule has 1 saturated heterocycles. The summed E-state index contributed by atoms with van der Waals surface area (Å²) in [4.78, 5) is 38.6. The Balaban J connectivity index is 1.94. The number of carbonyl (C=O) groups excluding carboxylic acids is 2. The number of fused-ring (bicyclic) bond motifs is 1. The van der Waals surface area contributed by atoms with Crippen molar-refractivity contribution in [1.29, 1.82) is 0 Å². The summed E-state index contributed by atoms with van der Waals surface area (Å²) in [5, 5.41) is 28.3. The van der Waals surface area contributed by atoms with Gasteiger partial charge in [0.05, 0.1) is 32.8 Å². The second-order valence-electron chi connectivity index (χ2n) is 12.7. The van der Waals surface area contributed by atoms with Gasteiger partial charge >= 0.3 is 19.6 Å². The number of rotatable bonds is 19. The number of aliphatic hydroxyl groups excluding tert-OH is 1. The molecule has 17 nitrogen and oxygen atoms in total. The Morgan fingerprint density at radius 3 is 2.12 bits per heavy atom.